The molecule has 2 heteroatoms. The topological polar surface area (TPSA) is 29.1 Å². The van der Waals surface area contributed by atoms with E-state index in [1.165, 1.54) is 0 Å². The van der Waals surface area contributed by atoms with Crippen LogP contribution in [0.5, 0.6) is 0 Å². The summed E-state index contributed by atoms with van der Waals surface area (Å²) in [7, 11) is 0. The maximum atomic E-state index is 11.5. The molecule has 0 aromatic carbocycles. The summed E-state index contributed by atoms with van der Waals surface area (Å²) in [4.78, 5) is 11.5. The van der Waals surface area contributed by atoms with Crippen molar-refractivity contribution in [2.75, 3.05) is 0 Å². The smallest absolute Gasteiger partial charge is 0.161 e. The van der Waals surface area contributed by atoms with Crippen molar-refractivity contribution in [2.24, 2.45) is 0 Å². The highest BCUT2D eigenvalue weighted by Gasteiger charge is 2.39. The van der Waals surface area contributed by atoms with Gasteiger partial charge in [0.1, 0.15) is 0 Å². The van der Waals surface area contributed by atoms with E-state index in [0.29, 0.717) is 12.0 Å². The van der Waals surface area contributed by atoms with Crippen LogP contribution in [0.15, 0.2) is 12.2 Å². The first-order valence-electron chi connectivity index (χ1n) is 4.26. The van der Waals surface area contributed by atoms with Gasteiger partial charge in [-0.3, -0.25) is 4.79 Å². The lowest BCUT2D eigenvalue weighted by Crippen LogP contribution is -2.59. The Kier molecular flexibility index (Phi) is 1.91. The molecule has 1 saturated heterocycles. The maximum absolute atomic E-state index is 11.5. The molecule has 0 spiro atoms. The highest BCUT2D eigenvalue weighted by Crippen LogP contribution is 2.28. The maximum Gasteiger partial charge on any atom is 0.161 e. The summed E-state index contributed by atoms with van der Waals surface area (Å²) in [6.45, 7) is 11.9. The fourth-order valence-electron chi connectivity index (χ4n) is 1.82. The Balaban J connectivity index is 2.95. The molecule has 1 N–H and O–H groups in total. The molecule has 1 aliphatic rings. The lowest BCUT2D eigenvalue weighted by molar-refractivity contribution is -0.119. The van der Waals surface area contributed by atoms with E-state index in [1.54, 1.807) is 0 Å². The molecule has 0 unspecified atom stereocenters. The molecule has 0 atom stereocenters. The Morgan fingerprint density at radius 2 is 1.83 bits per heavy atom. The van der Waals surface area contributed by atoms with Crippen LogP contribution in [0.2, 0.25) is 0 Å². The van der Waals surface area contributed by atoms with Crippen molar-refractivity contribution in [3.63, 3.8) is 0 Å². The quantitative estimate of drug-likeness (QED) is 0.556. The molecule has 0 bridgehead atoms. The Bertz CT molecular complexity index is 238. The Morgan fingerprint density at radius 1 is 1.33 bits per heavy atom. The number of Topliss-reactive ketones (excluding diaryl/α,β-unsaturated/α-hetero) is 1. The highest BCUT2D eigenvalue weighted by molar-refractivity contribution is 5.98. The zero-order valence-corrected chi connectivity index (χ0v) is 8.32. The minimum Gasteiger partial charge on any atom is -0.302 e. The summed E-state index contributed by atoms with van der Waals surface area (Å²) in [6.07, 6.45) is 0.551. The third-order valence-corrected chi connectivity index (χ3v) is 2.34. The molecule has 1 fully saturated rings. The van der Waals surface area contributed by atoms with Crippen LogP contribution in [0, 0.1) is 0 Å². The van der Waals surface area contributed by atoms with E-state index in [4.69, 9.17) is 0 Å². The molecule has 0 aliphatic carbocycles. The van der Waals surface area contributed by atoms with Crippen LogP contribution in [0.25, 0.3) is 0 Å². The average molecular weight is 167 g/mol. The second-order valence-electron chi connectivity index (χ2n) is 4.71. The van der Waals surface area contributed by atoms with E-state index in [2.05, 4.69) is 11.9 Å². The summed E-state index contributed by atoms with van der Waals surface area (Å²) in [5.74, 6) is 0.184. The van der Waals surface area contributed by atoms with Crippen LogP contribution in [0.3, 0.4) is 0 Å². The molecule has 2 nitrogen and oxygen atoms in total. The first-order chi connectivity index (χ1) is 5.25. The summed E-state index contributed by atoms with van der Waals surface area (Å²) in [6, 6.07) is 0. The minimum atomic E-state index is -0.251. The molecule has 0 radical (unpaired) electrons. The second kappa shape index (κ2) is 2.43. The van der Waals surface area contributed by atoms with Gasteiger partial charge in [0.2, 0.25) is 0 Å². The minimum absolute atomic E-state index is 0.0955. The normalized spacial score (nSPS) is 27.3. The van der Waals surface area contributed by atoms with Crippen molar-refractivity contribution in [3.05, 3.63) is 12.2 Å². The van der Waals surface area contributed by atoms with Crippen molar-refractivity contribution in [1.82, 2.24) is 5.32 Å². The number of hydrogen-bond acceptors (Lipinski definition) is 2. The molecule has 1 aliphatic heterocycles. The summed E-state index contributed by atoms with van der Waals surface area (Å²) < 4.78 is 0. The fraction of sp³-hybridized carbons (Fsp3) is 0.700. The van der Waals surface area contributed by atoms with Crippen LogP contribution in [0.1, 0.15) is 34.1 Å². The zero-order chi connectivity index (χ0) is 9.57. The van der Waals surface area contributed by atoms with Gasteiger partial charge in [0.15, 0.2) is 5.78 Å². The number of piperidine rings is 1. The largest absolute Gasteiger partial charge is 0.302 e. The number of nitrogens with one attached hydrogen (secondary N) is 1. The Morgan fingerprint density at radius 3 is 2.25 bits per heavy atom. The number of rotatable bonds is 0. The van der Waals surface area contributed by atoms with Gasteiger partial charge in [0.05, 0.1) is 0 Å². The van der Waals surface area contributed by atoms with E-state index in [-0.39, 0.29) is 16.9 Å². The van der Waals surface area contributed by atoms with Gasteiger partial charge in [-0.05, 0) is 27.7 Å². The Hall–Kier alpha value is -0.630. The number of carbonyl (C=O) groups is 1. The van der Waals surface area contributed by atoms with Gasteiger partial charge in [-0.15, -0.1) is 0 Å². The van der Waals surface area contributed by atoms with Crippen LogP contribution >= 0.6 is 0 Å². The average Bonchev–Trinajstić information content (AvgIpc) is 1.79. The van der Waals surface area contributed by atoms with Crippen molar-refractivity contribution < 1.29 is 4.79 Å². The lowest BCUT2D eigenvalue weighted by atomic mass is 9.79. The first-order valence-corrected chi connectivity index (χ1v) is 4.26. The summed E-state index contributed by atoms with van der Waals surface area (Å²) in [5.41, 5.74) is 0.350. The van der Waals surface area contributed by atoms with Crippen molar-refractivity contribution in [1.29, 1.82) is 0 Å². The number of hydrogen-bond donors (Lipinski definition) is 1. The fourth-order valence-corrected chi connectivity index (χ4v) is 1.82. The van der Waals surface area contributed by atoms with Gasteiger partial charge in [-0.25, -0.2) is 0 Å². The van der Waals surface area contributed by atoms with Crippen LogP contribution in [-0.4, -0.2) is 16.9 Å². The third kappa shape index (κ3) is 1.58. The Labute approximate surface area is 74.0 Å². The van der Waals surface area contributed by atoms with E-state index in [0.717, 1.165) is 0 Å². The van der Waals surface area contributed by atoms with Crippen LogP contribution in [0.4, 0.5) is 0 Å². The SMILES string of the molecule is C=C1C(=O)CC(C)(C)NC1(C)C. The summed E-state index contributed by atoms with van der Waals surface area (Å²) in [5, 5.41) is 3.39. The number of ketones is 1. The van der Waals surface area contributed by atoms with Crippen molar-refractivity contribution in [3.8, 4) is 0 Å². The first kappa shape index (κ1) is 9.46. The molecule has 12 heavy (non-hydrogen) atoms. The van der Waals surface area contributed by atoms with Gasteiger partial charge in [0, 0.05) is 23.1 Å². The van der Waals surface area contributed by atoms with E-state index >= 15 is 0 Å². The molecule has 0 amide bonds. The van der Waals surface area contributed by atoms with E-state index in [9.17, 15) is 4.79 Å². The predicted molar refractivity (Wildman–Crippen MR) is 50.1 cm³/mol. The molecule has 68 valence electrons. The van der Waals surface area contributed by atoms with Crippen molar-refractivity contribution in [2.45, 2.75) is 45.2 Å². The van der Waals surface area contributed by atoms with Crippen LogP contribution < -0.4 is 5.32 Å². The van der Waals surface area contributed by atoms with Gasteiger partial charge < -0.3 is 5.32 Å². The zero-order valence-electron chi connectivity index (χ0n) is 8.32. The van der Waals surface area contributed by atoms with E-state index in [1.807, 2.05) is 27.7 Å². The van der Waals surface area contributed by atoms with Gasteiger partial charge in [-0.2, -0.15) is 0 Å². The third-order valence-electron chi connectivity index (χ3n) is 2.34. The lowest BCUT2D eigenvalue weighted by Gasteiger charge is -2.42. The van der Waals surface area contributed by atoms with Gasteiger partial charge in [0.25, 0.3) is 0 Å². The molecule has 0 aromatic heterocycles. The van der Waals surface area contributed by atoms with Gasteiger partial charge >= 0.3 is 0 Å². The second-order valence-corrected chi connectivity index (χ2v) is 4.71. The molecule has 1 heterocycles. The van der Waals surface area contributed by atoms with Crippen molar-refractivity contribution >= 4 is 5.78 Å². The monoisotopic (exact) mass is 167 g/mol. The molecular formula is C10H17NO. The molecule has 0 saturated carbocycles. The van der Waals surface area contributed by atoms with Gasteiger partial charge in [-0.1, -0.05) is 6.58 Å². The summed E-state index contributed by atoms with van der Waals surface area (Å²) >= 11 is 0. The van der Waals surface area contributed by atoms with Crippen LogP contribution in [-0.2, 0) is 4.79 Å². The highest BCUT2D eigenvalue weighted by atomic mass is 16.1. The molecule has 0 aromatic rings. The number of carbonyl (C=O) groups excluding carboxylic acids is 1. The predicted octanol–water partition coefficient (Wildman–Crippen LogP) is 1.66. The standard InChI is InChI=1S/C10H17NO/c1-7-8(12)6-9(2,3)11-10(7,4)5/h11H,1,6H2,2-5H3. The molecule has 1 rings (SSSR count). The van der Waals surface area contributed by atoms with E-state index < -0.39 is 0 Å². The molecular weight excluding hydrogens is 150 g/mol.